The van der Waals surface area contributed by atoms with Crippen LogP contribution in [0, 0.1) is 5.92 Å². The standard InChI is InChI=1S/C24H31N3O3/c1-2-30-24(29)20-17-25-21-10-6-5-9-19(21)23(20)27-15-13-26(14-16-27)22(28)12-11-18-7-3-4-8-18/h5-6,9-10,17-18H,2-4,7-8,11-16H2,1H3. The van der Waals surface area contributed by atoms with Crippen LogP contribution < -0.4 is 4.90 Å². The van der Waals surface area contributed by atoms with Crippen LogP contribution in [0.5, 0.6) is 0 Å². The number of hydrogen-bond donors (Lipinski definition) is 0. The van der Waals surface area contributed by atoms with E-state index in [-0.39, 0.29) is 11.9 Å². The van der Waals surface area contributed by atoms with Crippen molar-refractivity contribution >= 4 is 28.5 Å². The number of rotatable bonds is 6. The molecule has 6 nitrogen and oxygen atoms in total. The maximum Gasteiger partial charge on any atom is 0.341 e. The molecule has 2 heterocycles. The summed E-state index contributed by atoms with van der Waals surface area (Å²) in [5.74, 6) is 0.665. The topological polar surface area (TPSA) is 62.7 Å². The summed E-state index contributed by atoms with van der Waals surface area (Å²) in [5.41, 5.74) is 2.23. The second kappa shape index (κ2) is 9.45. The van der Waals surface area contributed by atoms with Crippen LogP contribution in [0.2, 0.25) is 0 Å². The van der Waals surface area contributed by atoms with Gasteiger partial charge in [0, 0.05) is 44.2 Å². The molecule has 6 heteroatoms. The van der Waals surface area contributed by atoms with Gasteiger partial charge in [-0.25, -0.2) is 4.79 Å². The van der Waals surface area contributed by atoms with Gasteiger partial charge in [-0.15, -0.1) is 0 Å². The molecule has 160 valence electrons. The van der Waals surface area contributed by atoms with Gasteiger partial charge in [0.05, 0.1) is 17.8 Å². The van der Waals surface area contributed by atoms with E-state index < -0.39 is 0 Å². The van der Waals surface area contributed by atoms with Crippen molar-refractivity contribution < 1.29 is 14.3 Å². The number of esters is 1. The molecule has 0 unspecified atom stereocenters. The van der Waals surface area contributed by atoms with Crippen LogP contribution in [0.15, 0.2) is 30.5 Å². The first-order valence-electron chi connectivity index (χ1n) is 11.2. The van der Waals surface area contributed by atoms with Gasteiger partial charge in [0.25, 0.3) is 0 Å². The van der Waals surface area contributed by atoms with Crippen molar-refractivity contribution in [2.75, 3.05) is 37.7 Å². The first-order valence-corrected chi connectivity index (χ1v) is 11.2. The number of hydrogen-bond acceptors (Lipinski definition) is 5. The Bertz CT molecular complexity index is 900. The molecule has 0 radical (unpaired) electrons. The fourth-order valence-electron chi connectivity index (χ4n) is 4.79. The number of carbonyl (C=O) groups excluding carboxylic acids is 2. The van der Waals surface area contributed by atoms with Crippen molar-refractivity contribution in [1.82, 2.24) is 9.88 Å². The molecule has 0 spiro atoms. The lowest BCUT2D eigenvalue weighted by Gasteiger charge is -2.37. The Balaban J connectivity index is 1.47. The summed E-state index contributed by atoms with van der Waals surface area (Å²) in [6.45, 7) is 4.91. The Hall–Kier alpha value is -2.63. The number of amides is 1. The zero-order chi connectivity index (χ0) is 20.9. The van der Waals surface area contributed by atoms with Crippen molar-refractivity contribution in [3.63, 3.8) is 0 Å². The van der Waals surface area contributed by atoms with E-state index in [4.69, 9.17) is 4.74 Å². The number of piperazine rings is 1. The maximum absolute atomic E-state index is 12.7. The molecule has 1 aliphatic heterocycles. The molecule has 2 fully saturated rings. The summed E-state index contributed by atoms with van der Waals surface area (Å²) in [4.78, 5) is 33.9. The first kappa shape index (κ1) is 20.6. The van der Waals surface area contributed by atoms with E-state index in [1.165, 1.54) is 25.7 Å². The molecular formula is C24H31N3O3. The predicted octanol–water partition coefficient (Wildman–Crippen LogP) is 4.03. The third kappa shape index (κ3) is 4.42. The molecular weight excluding hydrogens is 378 g/mol. The predicted molar refractivity (Wildman–Crippen MR) is 118 cm³/mol. The van der Waals surface area contributed by atoms with Gasteiger partial charge < -0.3 is 14.5 Å². The quantitative estimate of drug-likeness (QED) is 0.674. The van der Waals surface area contributed by atoms with E-state index in [1.54, 1.807) is 6.20 Å². The molecule has 2 aliphatic rings. The highest BCUT2D eigenvalue weighted by Gasteiger charge is 2.27. The average Bonchev–Trinajstić information content (AvgIpc) is 3.30. The van der Waals surface area contributed by atoms with Gasteiger partial charge in [-0.3, -0.25) is 9.78 Å². The summed E-state index contributed by atoms with van der Waals surface area (Å²) in [5, 5.41) is 0.948. The Morgan fingerprint density at radius 3 is 2.57 bits per heavy atom. The van der Waals surface area contributed by atoms with Crippen LogP contribution in [0.3, 0.4) is 0 Å². The second-order valence-corrected chi connectivity index (χ2v) is 8.32. The molecule has 1 aromatic carbocycles. The third-order valence-electron chi connectivity index (χ3n) is 6.43. The van der Waals surface area contributed by atoms with E-state index in [0.29, 0.717) is 44.8 Å². The minimum absolute atomic E-state index is 0.270. The lowest BCUT2D eigenvalue weighted by molar-refractivity contribution is -0.131. The number of benzene rings is 1. The summed E-state index contributed by atoms with van der Waals surface area (Å²) in [6.07, 6.45) is 8.52. The number of para-hydroxylation sites is 1. The number of nitrogens with zero attached hydrogens (tertiary/aromatic N) is 3. The normalized spacial score (nSPS) is 17.5. The number of carbonyl (C=O) groups is 2. The molecule has 1 amide bonds. The largest absolute Gasteiger partial charge is 0.462 e. The molecule has 2 aromatic rings. The van der Waals surface area contributed by atoms with E-state index in [0.717, 1.165) is 28.9 Å². The fraction of sp³-hybridized carbons (Fsp3) is 0.542. The van der Waals surface area contributed by atoms with Crippen molar-refractivity contribution in [2.24, 2.45) is 5.92 Å². The second-order valence-electron chi connectivity index (χ2n) is 8.32. The van der Waals surface area contributed by atoms with Crippen molar-refractivity contribution in [2.45, 2.75) is 45.4 Å². The van der Waals surface area contributed by atoms with Crippen LogP contribution >= 0.6 is 0 Å². The number of anilines is 1. The number of fused-ring (bicyclic) bond motifs is 1. The molecule has 4 rings (SSSR count). The van der Waals surface area contributed by atoms with Crippen LogP contribution in [-0.4, -0.2) is 54.5 Å². The van der Waals surface area contributed by atoms with E-state index >= 15 is 0 Å². The van der Waals surface area contributed by atoms with Gasteiger partial charge in [-0.1, -0.05) is 43.9 Å². The average molecular weight is 410 g/mol. The molecule has 1 saturated carbocycles. The third-order valence-corrected chi connectivity index (χ3v) is 6.43. The highest BCUT2D eigenvalue weighted by atomic mass is 16.5. The molecule has 30 heavy (non-hydrogen) atoms. The molecule has 0 bridgehead atoms. The van der Waals surface area contributed by atoms with Crippen LogP contribution in [0.4, 0.5) is 5.69 Å². The maximum atomic E-state index is 12.7. The zero-order valence-corrected chi connectivity index (χ0v) is 17.8. The molecule has 0 atom stereocenters. The molecule has 1 aliphatic carbocycles. The Labute approximate surface area is 178 Å². The molecule has 1 saturated heterocycles. The van der Waals surface area contributed by atoms with Crippen LogP contribution in [0.1, 0.15) is 55.8 Å². The van der Waals surface area contributed by atoms with Crippen LogP contribution in [0.25, 0.3) is 10.9 Å². The summed E-state index contributed by atoms with van der Waals surface area (Å²) >= 11 is 0. The minimum atomic E-state index is -0.346. The van der Waals surface area contributed by atoms with Crippen molar-refractivity contribution in [1.29, 1.82) is 0 Å². The summed E-state index contributed by atoms with van der Waals surface area (Å²) < 4.78 is 5.28. The number of ether oxygens (including phenoxy) is 1. The van der Waals surface area contributed by atoms with E-state index in [2.05, 4.69) is 9.88 Å². The molecule has 0 N–H and O–H groups in total. The van der Waals surface area contributed by atoms with Gasteiger partial charge in [-0.05, 0) is 25.3 Å². The van der Waals surface area contributed by atoms with Crippen LogP contribution in [-0.2, 0) is 9.53 Å². The van der Waals surface area contributed by atoms with Gasteiger partial charge >= 0.3 is 5.97 Å². The number of aromatic nitrogens is 1. The SMILES string of the molecule is CCOC(=O)c1cnc2ccccc2c1N1CCN(C(=O)CCC2CCCC2)CC1. The first-order chi connectivity index (χ1) is 14.7. The fourth-order valence-corrected chi connectivity index (χ4v) is 4.79. The highest BCUT2D eigenvalue weighted by Crippen LogP contribution is 2.32. The van der Waals surface area contributed by atoms with Gasteiger partial charge in [0.2, 0.25) is 5.91 Å². The monoisotopic (exact) mass is 409 g/mol. The molecule has 1 aromatic heterocycles. The van der Waals surface area contributed by atoms with Gasteiger partial charge in [-0.2, -0.15) is 0 Å². The summed E-state index contributed by atoms with van der Waals surface area (Å²) in [7, 11) is 0. The number of pyridine rings is 1. The summed E-state index contributed by atoms with van der Waals surface area (Å²) in [6, 6.07) is 7.87. The van der Waals surface area contributed by atoms with E-state index in [9.17, 15) is 9.59 Å². The minimum Gasteiger partial charge on any atom is -0.462 e. The lowest BCUT2D eigenvalue weighted by atomic mass is 10.0. The van der Waals surface area contributed by atoms with Gasteiger partial charge in [0.1, 0.15) is 5.56 Å². The zero-order valence-electron chi connectivity index (χ0n) is 17.8. The lowest BCUT2D eigenvalue weighted by Crippen LogP contribution is -2.49. The van der Waals surface area contributed by atoms with Crippen molar-refractivity contribution in [3.8, 4) is 0 Å². The Morgan fingerprint density at radius 1 is 1.10 bits per heavy atom. The van der Waals surface area contributed by atoms with Crippen molar-refractivity contribution in [3.05, 3.63) is 36.0 Å². The van der Waals surface area contributed by atoms with E-state index in [1.807, 2.05) is 36.1 Å². The Kier molecular flexibility index (Phi) is 6.50. The smallest absolute Gasteiger partial charge is 0.341 e. The Morgan fingerprint density at radius 2 is 1.83 bits per heavy atom. The highest BCUT2D eigenvalue weighted by molar-refractivity contribution is 6.05. The van der Waals surface area contributed by atoms with Gasteiger partial charge in [0.15, 0.2) is 0 Å².